The van der Waals surface area contributed by atoms with E-state index in [4.69, 9.17) is 11.6 Å². The van der Waals surface area contributed by atoms with Crippen LogP contribution in [0.15, 0.2) is 18.2 Å². The SMILES string of the molecule is CCCNCc1cc(Cl)ccc1N(C)F. The van der Waals surface area contributed by atoms with Crippen LogP contribution in [0.25, 0.3) is 0 Å². The Morgan fingerprint density at radius 2 is 2.20 bits per heavy atom. The standard InChI is InChI=1S/C11H16ClFN2/c1-3-6-14-8-9-7-10(12)4-5-11(9)15(2)13/h4-5,7,14H,3,6,8H2,1-2H3. The van der Waals surface area contributed by atoms with Gasteiger partial charge in [0.1, 0.15) is 0 Å². The highest BCUT2D eigenvalue weighted by Crippen LogP contribution is 2.23. The number of hydrogen-bond acceptors (Lipinski definition) is 2. The second-order valence-corrected chi connectivity index (χ2v) is 3.86. The molecule has 1 aromatic rings. The lowest BCUT2D eigenvalue weighted by Gasteiger charge is -2.14. The molecule has 2 nitrogen and oxygen atoms in total. The molecule has 0 aliphatic carbocycles. The highest BCUT2D eigenvalue weighted by atomic mass is 35.5. The molecule has 0 radical (unpaired) electrons. The number of nitrogens with zero attached hydrogens (tertiary/aromatic N) is 1. The molecule has 0 saturated carbocycles. The minimum atomic E-state index is 0.558. The van der Waals surface area contributed by atoms with Gasteiger partial charge in [0.25, 0.3) is 0 Å². The lowest BCUT2D eigenvalue weighted by atomic mass is 10.1. The van der Waals surface area contributed by atoms with Crippen molar-refractivity contribution in [3.8, 4) is 0 Å². The van der Waals surface area contributed by atoms with Crippen LogP contribution in [0.5, 0.6) is 0 Å². The van der Waals surface area contributed by atoms with E-state index in [1.807, 2.05) is 0 Å². The van der Waals surface area contributed by atoms with Gasteiger partial charge in [-0.1, -0.05) is 18.5 Å². The van der Waals surface area contributed by atoms with E-state index >= 15 is 0 Å². The molecule has 0 unspecified atom stereocenters. The van der Waals surface area contributed by atoms with Crippen molar-refractivity contribution < 1.29 is 4.48 Å². The summed E-state index contributed by atoms with van der Waals surface area (Å²) < 4.78 is 13.1. The molecule has 15 heavy (non-hydrogen) atoms. The first-order valence-corrected chi connectivity index (χ1v) is 5.41. The minimum absolute atomic E-state index is 0.558. The van der Waals surface area contributed by atoms with Crippen molar-refractivity contribution in [1.82, 2.24) is 5.32 Å². The first-order chi connectivity index (χ1) is 7.15. The number of anilines is 1. The maximum absolute atomic E-state index is 13.1. The number of benzene rings is 1. The molecule has 0 atom stereocenters. The Bertz CT molecular complexity index is 315. The molecule has 0 aliphatic rings. The number of rotatable bonds is 5. The molecule has 0 aromatic heterocycles. The summed E-state index contributed by atoms with van der Waals surface area (Å²) in [7, 11) is 1.38. The fraction of sp³-hybridized carbons (Fsp3) is 0.455. The van der Waals surface area contributed by atoms with E-state index < -0.39 is 0 Å². The van der Waals surface area contributed by atoms with Crippen LogP contribution in [0.2, 0.25) is 5.02 Å². The highest BCUT2D eigenvalue weighted by Gasteiger charge is 2.06. The van der Waals surface area contributed by atoms with Gasteiger partial charge in [-0.25, -0.2) is 5.12 Å². The number of halogens is 2. The van der Waals surface area contributed by atoms with Crippen molar-refractivity contribution in [2.75, 3.05) is 18.7 Å². The molecule has 0 spiro atoms. The van der Waals surface area contributed by atoms with Gasteiger partial charge in [-0.3, -0.25) is 0 Å². The van der Waals surface area contributed by atoms with Gasteiger partial charge in [-0.15, -0.1) is 4.48 Å². The molecule has 1 aromatic carbocycles. The molecule has 1 rings (SSSR count). The van der Waals surface area contributed by atoms with Gasteiger partial charge in [0.15, 0.2) is 0 Å². The first-order valence-electron chi connectivity index (χ1n) is 5.03. The van der Waals surface area contributed by atoms with Gasteiger partial charge in [0, 0.05) is 18.6 Å². The van der Waals surface area contributed by atoms with Crippen molar-refractivity contribution in [1.29, 1.82) is 0 Å². The molecule has 0 saturated heterocycles. The van der Waals surface area contributed by atoms with Crippen LogP contribution < -0.4 is 10.4 Å². The average molecular weight is 231 g/mol. The summed E-state index contributed by atoms with van der Waals surface area (Å²) in [4.78, 5) is 0. The van der Waals surface area contributed by atoms with E-state index in [0.717, 1.165) is 18.5 Å². The van der Waals surface area contributed by atoms with E-state index in [1.54, 1.807) is 18.2 Å². The summed E-state index contributed by atoms with van der Waals surface area (Å²) in [5.41, 5.74) is 1.43. The average Bonchev–Trinajstić information content (AvgIpc) is 2.18. The third-order valence-electron chi connectivity index (χ3n) is 2.12. The van der Waals surface area contributed by atoms with E-state index in [0.29, 0.717) is 22.4 Å². The summed E-state index contributed by atoms with van der Waals surface area (Å²) in [5, 5.41) is 4.47. The van der Waals surface area contributed by atoms with Crippen LogP contribution in [-0.4, -0.2) is 13.6 Å². The Hall–Kier alpha value is -0.800. The number of hydrogen-bond donors (Lipinski definition) is 1. The van der Waals surface area contributed by atoms with Crippen LogP contribution in [0.3, 0.4) is 0 Å². The zero-order valence-electron chi connectivity index (χ0n) is 9.06. The lowest BCUT2D eigenvalue weighted by molar-refractivity contribution is 0.473. The lowest BCUT2D eigenvalue weighted by Crippen LogP contribution is -2.16. The third-order valence-corrected chi connectivity index (χ3v) is 2.35. The molecule has 0 heterocycles. The van der Waals surface area contributed by atoms with Crippen LogP contribution in [0.4, 0.5) is 10.2 Å². The van der Waals surface area contributed by atoms with Crippen LogP contribution in [0, 0.1) is 0 Å². The fourth-order valence-corrected chi connectivity index (χ4v) is 1.59. The van der Waals surface area contributed by atoms with E-state index in [2.05, 4.69) is 12.2 Å². The predicted molar refractivity (Wildman–Crippen MR) is 63.0 cm³/mol. The quantitative estimate of drug-likeness (QED) is 0.618. The molecule has 0 bridgehead atoms. The Morgan fingerprint density at radius 3 is 2.80 bits per heavy atom. The highest BCUT2D eigenvalue weighted by molar-refractivity contribution is 6.30. The van der Waals surface area contributed by atoms with Crippen LogP contribution in [0.1, 0.15) is 18.9 Å². The zero-order chi connectivity index (χ0) is 11.3. The van der Waals surface area contributed by atoms with Crippen molar-refractivity contribution >= 4 is 17.3 Å². The summed E-state index contributed by atoms with van der Waals surface area (Å²) in [6.45, 7) is 3.65. The van der Waals surface area contributed by atoms with Gasteiger partial charge in [0.05, 0.1) is 5.69 Å². The molecule has 1 N–H and O–H groups in total. The molecule has 4 heteroatoms. The Balaban J connectivity index is 2.77. The van der Waals surface area contributed by atoms with Gasteiger partial charge in [-0.2, -0.15) is 0 Å². The molecule has 84 valence electrons. The molecule has 0 amide bonds. The van der Waals surface area contributed by atoms with Gasteiger partial charge in [-0.05, 0) is 36.7 Å². The Morgan fingerprint density at radius 1 is 1.47 bits per heavy atom. The molecule has 0 aliphatic heterocycles. The Labute approximate surface area is 95.0 Å². The minimum Gasteiger partial charge on any atom is -0.313 e. The molecule has 0 fully saturated rings. The maximum atomic E-state index is 13.1. The summed E-state index contributed by atoms with van der Waals surface area (Å²) >= 11 is 5.87. The van der Waals surface area contributed by atoms with Gasteiger partial charge in [0.2, 0.25) is 0 Å². The largest absolute Gasteiger partial charge is 0.313 e. The smallest absolute Gasteiger partial charge is 0.0730 e. The van der Waals surface area contributed by atoms with Crippen LogP contribution >= 0.6 is 11.6 Å². The fourth-order valence-electron chi connectivity index (χ4n) is 1.40. The summed E-state index contributed by atoms with van der Waals surface area (Å²) in [6.07, 6.45) is 1.06. The number of nitrogens with one attached hydrogen (secondary N) is 1. The van der Waals surface area contributed by atoms with E-state index in [1.165, 1.54) is 7.05 Å². The predicted octanol–water partition coefficient (Wildman–Crippen LogP) is 3.16. The zero-order valence-corrected chi connectivity index (χ0v) is 9.81. The van der Waals surface area contributed by atoms with Crippen LogP contribution in [-0.2, 0) is 6.54 Å². The van der Waals surface area contributed by atoms with E-state index in [-0.39, 0.29) is 0 Å². The maximum Gasteiger partial charge on any atom is 0.0730 e. The summed E-state index contributed by atoms with van der Waals surface area (Å²) in [6, 6.07) is 5.16. The normalized spacial score (nSPS) is 10.4. The topological polar surface area (TPSA) is 15.3 Å². The van der Waals surface area contributed by atoms with E-state index in [9.17, 15) is 4.48 Å². The summed E-state index contributed by atoms with van der Waals surface area (Å²) in [5.74, 6) is 0. The van der Waals surface area contributed by atoms with Crippen molar-refractivity contribution in [3.05, 3.63) is 28.8 Å². The second kappa shape index (κ2) is 5.93. The van der Waals surface area contributed by atoms with Crippen molar-refractivity contribution in [2.45, 2.75) is 19.9 Å². The Kier molecular flexibility index (Phi) is 4.85. The van der Waals surface area contributed by atoms with Crippen molar-refractivity contribution in [3.63, 3.8) is 0 Å². The van der Waals surface area contributed by atoms with Gasteiger partial charge >= 0.3 is 0 Å². The first kappa shape index (κ1) is 12.3. The van der Waals surface area contributed by atoms with Gasteiger partial charge < -0.3 is 5.32 Å². The second-order valence-electron chi connectivity index (χ2n) is 3.43. The van der Waals surface area contributed by atoms with Crippen molar-refractivity contribution in [2.24, 2.45) is 0 Å². The third kappa shape index (κ3) is 3.68. The monoisotopic (exact) mass is 230 g/mol. The molecular weight excluding hydrogens is 215 g/mol. The molecular formula is C11H16ClFN2.